The minimum absolute atomic E-state index is 0.199. The largest absolute Gasteiger partial charge is 0.393 e. The molecule has 1 aromatic heterocycles. The van der Waals surface area contributed by atoms with E-state index < -0.39 is 0 Å². The fourth-order valence-corrected chi connectivity index (χ4v) is 3.98. The van der Waals surface area contributed by atoms with E-state index in [1.165, 1.54) is 50.6 Å². The molecule has 1 aliphatic carbocycles. The molecule has 4 heteroatoms. The van der Waals surface area contributed by atoms with Gasteiger partial charge in [-0.2, -0.15) is 5.10 Å². The van der Waals surface area contributed by atoms with E-state index in [0.717, 1.165) is 19.5 Å². The van der Waals surface area contributed by atoms with Gasteiger partial charge in [0.15, 0.2) is 0 Å². The van der Waals surface area contributed by atoms with Crippen LogP contribution in [0.2, 0.25) is 0 Å². The highest BCUT2D eigenvalue weighted by molar-refractivity contribution is 5.01. The first-order chi connectivity index (χ1) is 10.2. The zero-order valence-electron chi connectivity index (χ0n) is 13.2. The smallest absolute Gasteiger partial charge is 0.0765 e. The topological polar surface area (TPSA) is 41.3 Å². The van der Waals surface area contributed by atoms with Gasteiger partial charge in [-0.3, -0.25) is 9.58 Å². The Morgan fingerprint density at radius 3 is 2.81 bits per heavy atom. The lowest BCUT2D eigenvalue weighted by atomic mass is 9.96. The van der Waals surface area contributed by atoms with Gasteiger partial charge in [0.2, 0.25) is 0 Å². The van der Waals surface area contributed by atoms with Crippen LogP contribution in [-0.4, -0.2) is 38.5 Å². The quantitative estimate of drug-likeness (QED) is 0.906. The molecule has 0 bridgehead atoms. The molecule has 2 unspecified atom stereocenters. The van der Waals surface area contributed by atoms with Gasteiger partial charge in [0.05, 0.1) is 17.8 Å². The summed E-state index contributed by atoms with van der Waals surface area (Å²) in [6.07, 6.45) is 12.0. The Morgan fingerprint density at radius 1 is 1.24 bits per heavy atom. The number of hydrogen-bond acceptors (Lipinski definition) is 3. The van der Waals surface area contributed by atoms with Crippen LogP contribution in [-0.2, 0) is 6.54 Å². The molecule has 2 heterocycles. The zero-order valence-corrected chi connectivity index (χ0v) is 13.2. The van der Waals surface area contributed by atoms with E-state index >= 15 is 0 Å². The van der Waals surface area contributed by atoms with E-state index in [-0.39, 0.29) is 6.10 Å². The van der Waals surface area contributed by atoms with Crippen LogP contribution < -0.4 is 0 Å². The molecular formula is C17H29N3O. The Labute approximate surface area is 128 Å². The summed E-state index contributed by atoms with van der Waals surface area (Å²) in [7, 11) is 0. The molecule has 1 aliphatic heterocycles. The van der Waals surface area contributed by atoms with Crippen molar-refractivity contribution in [3.8, 4) is 0 Å². The molecule has 0 amide bonds. The van der Waals surface area contributed by atoms with E-state index in [9.17, 15) is 5.11 Å². The Bertz CT molecular complexity index is 437. The highest BCUT2D eigenvalue weighted by Gasteiger charge is 2.26. The van der Waals surface area contributed by atoms with Crippen LogP contribution in [0.4, 0.5) is 0 Å². The molecule has 1 aromatic rings. The fourth-order valence-electron chi connectivity index (χ4n) is 3.98. The molecule has 2 atom stereocenters. The Hall–Kier alpha value is -0.870. The maximum Gasteiger partial charge on any atom is 0.0765 e. The number of aromatic nitrogens is 2. The van der Waals surface area contributed by atoms with Crippen LogP contribution in [0.25, 0.3) is 0 Å². The van der Waals surface area contributed by atoms with Gasteiger partial charge in [0, 0.05) is 18.8 Å². The van der Waals surface area contributed by atoms with Crippen molar-refractivity contribution in [1.29, 1.82) is 0 Å². The van der Waals surface area contributed by atoms with Crippen LogP contribution in [0.1, 0.15) is 70.0 Å². The molecule has 0 aromatic carbocycles. The van der Waals surface area contributed by atoms with Crippen LogP contribution in [0, 0.1) is 0 Å². The minimum atomic E-state index is -0.199. The summed E-state index contributed by atoms with van der Waals surface area (Å²) < 4.78 is 2.20. The standard InChI is InChI=1S/C17H29N3O/c1-14(21)12-17-8-5-10-19(17)13-15-9-11-20(18-15)16-6-3-2-4-7-16/h9,11,14,16-17,21H,2-8,10,12-13H2,1H3. The normalized spacial score (nSPS) is 26.3. The van der Waals surface area contributed by atoms with E-state index in [2.05, 4.69) is 21.8 Å². The number of rotatable bonds is 5. The molecule has 0 radical (unpaired) electrons. The van der Waals surface area contributed by atoms with Crippen molar-refractivity contribution < 1.29 is 5.11 Å². The van der Waals surface area contributed by atoms with Gasteiger partial charge >= 0.3 is 0 Å². The van der Waals surface area contributed by atoms with E-state index in [1.807, 2.05) is 6.92 Å². The maximum absolute atomic E-state index is 9.62. The second-order valence-corrected chi connectivity index (χ2v) is 6.93. The summed E-state index contributed by atoms with van der Waals surface area (Å²) >= 11 is 0. The van der Waals surface area contributed by atoms with Gasteiger partial charge in [-0.05, 0) is 51.6 Å². The van der Waals surface area contributed by atoms with E-state index in [0.29, 0.717) is 12.1 Å². The second kappa shape index (κ2) is 6.93. The van der Waals surface area contributed by atoms with Crippen molar-refractivity contribution >= 4 is 0 Å². The summed E-state index contributed by atoms with van der Waals surface area (Å²) in [4.78, 5) is 2.50. The fraction of sp³-hybridized carbons (Fsp3) is 0.824. The summed E-state index contributed by atoms with van der Waals surface area (Å²) in [6, 6.07) is 3.34. The van der Waals surface area contributed by atoms with Crippen LogP contribution in [0.5, 0.6) is 0 Å². The van der Waals surface area contributed by atoms with Crippen LogP contribution in [0.15, 0.2) is 12.3 Å². The van der Waals surface area contributed by atoms with Crippen molar-refractivity contribution in [1.82, 2.24) is 14.7 Å². The van der Waals surface area contributed by atoms with Crippen molar-refractivity contribution in [2.24, 2.45) is 0 Å². The van der Waals surface area contributed by atoms with Gasteiger partial charge < -0.3 is 5.11 Å². The molecule has 0 spiro atoms. The van der Waals surface area contributed by atoms with E-state index in [1.54, 1.807) is 0 Å². The number of hydrogen-bond donors (Lipinski definition) is 1. The predicted octanol–water partition coefficient (Wildman–Crippen LogP) is 3.12. The van der Waals surface area contributed by atoms with Crippen molar-refractivity contribution in [3.63, 3.8) is 0 Å². The van der Waals surface area contributed by atoms with Gasteiger partial charge in [-0.25, -0.2) is 0 Å². The Kier molecular flexibility index (Phi) is 4.96. The maximum atomic E-state index is 9.62. The molecule has 1 saturated carbocycles. The molecule has 1 N–H and O–H groups in total. The van der Waals surface area contributed by atoms with Gasteiger partial charge in [-0.15, -0.1) is 0 Å². The summed E-state index contributed by atoms with van der Waals surface area (Å²) in [5, 5.41) is 14.4. The third-order valence-electron chi connectivity index (χ3n) is 5.09. The first-order valence-corrected chi connectivity index (χ1v) is 8.68. The predicted molar refractivity (Wildman–Crippen MR) is 84.1 cm³/mol. The third kappa shape index (κ3) is 3.86. The highest BCUT2D eigenvalue weighted by atomic mass is 16.3. The van der Waals surface area contributed by atoms with Crippen LogP contribution >= 0.6 is 0 Å². The van der Waals surface area contributed by atoms with Crippen molar-refractivity contribution in [2.45, 2.75) is 83.0 Å². The molecule has 1 saturated heterocycles. The van der Waals surface area contributed by atoms with Gasteiger partial charge in [0.1, 0.15) is 0 Å². The molecule has 4 nitrogen and oxygen atoms in total. The molecule has 21 heavy (non-hydrogen) atoms. The summed E-state index contributed by atoms with van der Waals surface area (Å²) in [5.74, 6) is 0. The molecule has 2 fully saturated rings. The average Bonchev–Trinajstić information content (AvgIpc) is 3.10. The SMILES string of the molecule is CC(O)CC1CCCN1Cc1ccn(C2CCCCC2)n1. The number of likely N-dealkylation sites (tertiary alicyclic amines) is 1. The Morgan fingerprint density at radius 2 is 2.05 bits per heavy atom. The number of nitrogens with zero attached hydrogens (tertiary/aromatic N) is 3. The lowest BCUT2D eigenvalue weighted by Crippen LogP contribution is -2.31. The molecule has 3 rings (SSSR count). The summed E-state index contributed by atoms with van der Waals surface area (Å²) in [6.45, 7) is 3.99. The molecule has 118 valence electrons. The van der Waals surface area contributed by atoms with Crippen molar-refractivity contribution in [2.75, 3.05) is 6.54 Å². The Balaban J connectivity index is 1.58. The molecule has 2 aliphatic rings. The average molecular weight is 291 g/mol. The van der Waals surface area contributed by atoms with Gasteiger partial charge in [0.25, 0.3) is 0 Å². The lowest BCUT2D eigenvalue weighted by molar-refractivity contribution is 0.130. The lowest BCUT2D eigenvalue weighted by Gasteiger charge is -2.25. The minimum Gasteiger partial charge on any atom is -0.393 e. The molecular weight excluding hydrogens is 262 g/mol. The van der Waals surface area contributed by atoms with Crippen molar-refractivity contribution in [3.05, 3.63) is 18.0 Å². The number of aliphatic hydroxyl groups excluding tert-OH is 1. The highest BCUT2D eigenvalue weighted by Crippen LogP contribution is 2.28. The first-order valence-electron chi connectivity index (χ1n) is 8.68. The monoisotopic (exact) mass is 291 g/mol. The third-order valence-corrected chi connectivity index (χ3v) is 5.09. The number of aliphatic hydroxyl groups is 1. The first kappa shape index (κ1) is 15.0. The zero-order chi connectivity index (χ0) is 14.7. The van der Waals surface area contributed by atoms with E-state index in [4.69, 9.17) is 5.10 Å². The second-order valence-electron chi connectivity index (χ2n) is 6.93. The van der Waals surface area contributed by atoms with Gasteiger partial charge in [-0.1, -0.05) is 19.3 Å². The van der Waals surface area contributed by atoms with Crippen LogP contribution in [0.3, 0.4) is 0 Å². The summed E-state index contributed by atoms with van der Waals surface area (Å²) in [5.41, 5.74) is 1.19.